The average molecular weight is 243 g/mol. The summed E-state index contributed by atoms with van der Waals surface area (Å²) < 4.78 is 1.90. The zero-order valence-corrected chi connectivity index (χ0v) is 11.6. The molecule has 2 rings (SSSR count). The van der Waals surface area contributed by atoms with Crippen molar-refractivity contribution >= 4 is 0 Å². The molecule has 18 heavy (non-hydrogen) atoms. The third-order valence-electron chi connectivity index (χ3n) is 3.28. The van der Waals surface area contributed by atoms with Gasteiger partial charge in [0.25, 0.3) is 0 Å². The van der Waals surface area contributed by atoms with Crippen molar-refractivity contribution in [3.05, 3.63) is 52.8 Å². The van der Waals surface area contributed by atoms with Gasteiger partial charge in [-0.15, -0.1) is 0 Å². The van der Waals surface area contributed by atoms with Crippen LogP contribution in [0.2, 0.25) is 0 Å². The fraction of sp³-hybridized carbons (Fsp3) is 0.400. The van der Waals surface area contributed by atoms with Crippen LogP contribution < -0.4 is 5.32 Å². The lowest BCUT2D eigenvalue weighted by Crippen LogP contribution is -2.18. The van der Waals surface area contributed by atoms with E-state index in [1.807, 2.05) is 18.8 Å². The summed E-state index contributed by atoms with van der Waals surface area (Å²) in [5.74, 6) is 0. The van der Waals surface area contributed by atoms with E-state index >= 15 is 0 Å². The molecule has 1 unspecified atom stereocenters. The maximum Gasteiger partial charge on any atom is 0.0673 e. The lowest BCUT2D eigenvalue weighted by Gasteiger charge is -2.16. The monoisotopic (exact) mass is 243 g/mol. The highest BCUT2D eigenvalue weighted by molar-refractivity contribution is 5.34. The SMILES string of the molecule is CCc1nn(C)cc1C(NC)c1ccc(C)cc1. The number of nitrogens with one attached hydrogen (secondary N) is 1. The van der Waals surface area contributed by atoms with Gasteiger partial charge in [0.05, 0.1) is 11.7 Å². The minimum Gasteiger partial charge on any atom is -0.309 e. The van der Waals surface area contributed by atoms with E-state index in [-0.39, 0.29) is 6.04 Å². The lowest BCUT2D eigenvalue weighted by atomic mass is 9.98. The minimum absolute atomic E-state index is 0.217. The maximum atomic E-state index is 4.52. The van der Waals surface area contributed by atoms with Gasteiger partial charge < -0.3 is 5.32 Å². The Hall–Kier alpha value is -1.61. The van der Waals surface area contributed by atoms with Gasteiger partial charge in [-0.1, -0.05) is 36.8 Å². The summed E-state index contributed by atoms with van der Waals surface area (Å²) in [6.07, 6.45) is 3.07. The third-order valence-corrected chi connectivity index (χ3v) is 3.28. The summed E-state index contributed by atoms with van der Waals surface area (Å²) in [6, 6.07) is 8.89. The Kier molecular flexibility index (Phi) is 3.82. The summed E-state index contributed by atoms with van der Waals surface area (Å²) >= 11 is 0. The Morgan fingerprint density at radius 1 is 1.28 bits per heavy atom. The van der Waals surface area contributed by atoms with Gasteiger partial charge in [-0.2, -0.15) is 5.10 Å². The van der Waals surface area contributed by atoms with Crippen LogP contribution in [0.1, 0.15) is 35.3 Å². The van der Waals surface area contributed by atoms with Crippen molar-refractivity contribution in [1.29, 1.82) is 0 Å². The molecule has 3 nitrogen and oxygen atoms in total. The van der Waals surface area contributed by atoms with E-state index in [2.05, 4.69) is 54.7 Å². The van der Waals surface area contributed by atoms with Gasteiger partial charge in [0.1, 0.15) is 0 Å². The lowest BCUT2D eigenvalue weighted by molar-refractivity contribution is 0.683. The predicted octanol–water partition coefficient (Wildman–Crippen LogP) is 2.60. The Morgan fingerprint density at radius 2 is 1.94 bits per heavy atom. The summed E-state index contributed by atoms with van der Waals surface area (Å²) in [4.78, 5) is 0. The molecule has 0 saturated carbocycles. The van der Waals surface area contributed by atoms with Crippen LogP contribution >= 0.6 is 0 Å². The molecule has 0 aliphatic carbocycles. The highest BCUT2D eigenvalue weighted by atomic mass is 15.3. The van der Waals surface area contributed by atoms with Crippen LogP contribution in [0.25, 0.3) is 0 Å². The molecule has 0 aliphatic rings. The first-order valence-electron chi connectivity index (χ1n) is 6.42. The van der Waals surface area contributed by atoms with Gasteiger partial charge in [0, 0.05) is 18.8 Å². The number of hydrogen-bond acceptors (Lipinski definition) is 2. The molecule has 0 aliphatic heterocycles. The maximum absolute atomic E-state index is 4.52. The van der Waals surface area contributed by atoms with E-state index < -0.39 is 0 Å². The molecule has 0 bridgehead atoms. The van der Waals surface area contributed by atoms with Crippen molar-refractivity contribution in [3.8, 4) is 0 Å². The molecule has 1 aromatic heterocycles. The molecule has 0 spiro atoms. The van der Waals surface area contributed by atoms with Crippen LogP contribution in [0.3, 0.4) is 0 Å². The van der Waals surface area contributed by atoms with Gasteiger partial charge in [-0.05, 0) is 26.0 Å². The second kappa shape index (κ2) is 5.36. The van der Waals surface area contributed by atoms with Crippen LogP contribution in [-0.2, 0) is 13.5 Å². The highest BCUT2D eigenvalue weighted by Gasteiger charge is 2.17. The topological polar surface area (TPSA) is 29.9 Å². The zero-order chi connectivity index (χ0) is 13.1. The molecule has 96 valence electrons. The van der Waals surface area contributed by atoms with E-state index in [1.165, 1.54) is 16.7 Å². The number of aromatic nitrogens is 2. The second-order valence-electron chi connectivity index (χ2n) is 4.69. The Labute approximate surface area is 109 Å². The van der Waals surface area contributed by atoms with Gasteiger partial charge >= 0.3 is 0 Å². The van der Waals surface area contributed by atoms with E-state index in [1.54, 1.807) is 0 Å². The largest absolute Gasteiger partial charge is 0.309 e. The summed E-state index contributed by atoms with van der Waals surface area (Å²) in [7, 11) is 3.97. The van der Waals surface area contributed by atoms with Crippen molar-refractivity contribution in [2.45, 2.75) is 26.3 Å². The van der Waals surface area contributed by atoms with Crippen molar-refractivity contribution < 1.29 is 0 Å². The molecule has 0 saturated heterocycles. The second-order valence-corrected chi connectivity index (χ2v) is 4.69. The molecule has 1 N–H and O–H groups in total. The third kappa shape index (κ3) is 2.46. The molecule has 1 heterocycles. The summed E-state index contributed by atoms with van der Waals surface area (Å²) in [5.41, 5.74) is 5.00. The highest BCUT2D eigenvalue weighted by Crippen LogP contribution is 2.24. The number of rotatable bonds is 4. The molecule has 1 aromatic carbocycles. The standard InChI is InChI=1S/C15H21N3/c1-5-14-13(10-18(4)17-14)15(16-3)12-8-6-11(2)7-9-12/h6-10,15-16H,5H2,1-4H3. The van der Waals surface area contributed by atoms with Crippen LogP contribution in [0.4, 0.5) is 0 Å². The molecular formula is C15H21N3. The van der Waals surface area contributed by atoms with Crippen molar-refractivity contribution in [1.82, 2.24) is 15.1 Å². The summed E-state index contributed by atoms with van der Waals surface area (Å²) in [6.45, 7) is 4.26. The van der Waals surface area contributed by atoms with Gasteiger partial charge in [0.15, 0.2) is 0 Å². The normalized spacial score (nSPS) is 12.7. The Morgan fingerprint density at radius 3 is 2.50 bits per heavy atom. The summed E-state index contributed by atoms with van der Waals surface area (Å²) in [5, 5.41) is 7.91. The molecule has 3 heteroatoms. The van der Waals surface area contributed by atoms with E-state index in [9.17, 15) is 0 Å². The molecule has 1 atom stereocenters. The van der Waals surface area contributed by atoms with Crippen LogP contribution in [-0.4, -0.2) is 16.8 Å². The fourth-order valence-corrected chi connectivity index (χ4v) is 2.33. The predicted molar refractivity (Wildman–Crippen MR) is 74.7 cm³/mol. The fourth-order valence-electron chi connectivity index (χ4n) is 2.33. The molecule has 0 fully saturated rings. The van der Waals surface area contributed by atoms with Crippen molar-refractivity contribution in [2.24, 2.45) is 7.05 Å². The first kappa shape index (κ1) is 12.8. The molecule has 0 radical (unpaired) electrons. The van der Waals surface area contributed by atoms with Gasteiger partial charge in [-0.25, -0.2) is 0 Å². The quantitative estimate of drug-likeness (QED) is 0.894. The first-order chi connectivity index (χ1) is 8.65. The van der Waals surface area contributed by atoms with Crippen molar-refractivity contribution in [3.63, 3.8) is 0 Å². The average Bonchev–Trinajstić information content (AvgIpc) is 2.74. The molecule has 0 amide bonds. The smallest absolute Gasteiger partial charge is 0.0673 e. The number of nitrogens with zero attached hydrogens (tertiary/aromatic N) is 2. The first-order valence-corrected chi connectivity index (χ1v) is 6.42. The van der Waals surface area contributed by atoms with E-state index in [4.69, 9.17) is 0 Å². The van der Waals surface area contributed by atoms with E-state index in [0.717, 1.165) is 12.1 Å². The van der Waals surface area contributed by atoms with Crippen LogP contribution in [0, 0.1) is 6.92 Å². The van der Waals surface area contributed by atoms with Gasteiger partial charge in [-0.3, -0.25) is 4.68 Å². The molecular weight excluding hydrogens is 222 g/mol. The number of hydrogen-bond donors (Lipinski definition) is 1. The van der Waals surface area contributed by atoms with Crippen molar-refractivity contribution in [2.75, 3.05) is 7.05 Å². The van der Waals surface area contributed by atoms with Crippen LogP contribution in [0.15, 0.2) is 30.5 Å². The number of benzene rings is 1. The van der Waals surface area contributed by atoms with Crippen LogP contribution in [0.5, 0.6) is 0 Å². The van der Waals surface area contributed by atoms with E-state index in [0.29, 0.717) is 0 Å². The Bertz CT molecular complexity index is 511. The minimum atomic E-state index is 0.217. The van der Waals surface area contributed by atoms with Gasteiger partial charge in [0.2, 0.25) is 0 Å². The zero-order valence-electron chi connectivity index (χ0n) is 11.6. The molecule has 2 aromatic rings. The number of aryl methyl sites for hydroxylation is 3. The Balaban J connectivity index is 2.41.